The summed E-state index contributed by atoms with van der Waals surface area (Å²) in [4.78, 5) is 4.18. The number of benzene rings is 1. The second kappa shape index (κ2) is 3.80. The third-order valence-corrected chi connectivity index (χ3v) is 2.76. The van der Waals surface area contributed by atoms with Gasteiger partial charge in [-0.05, 0) is 24.1 Å². The maximum absolute atomic E-state index is 9.67. The lowest BCUT2D eigenvalue weighted by atomic mass is 10.1. The van der Waals surface area contributed by atoms with Gasteiger partial charge in [0.15, 0.2) is 0 Å². The molecule has 0 aliphatic heterocycles. The van der Waals surface area contributed by atoms with Crippen molar-refractivity contribution in [2.75, 3.05) is 0 Å². The molecule has 1 aromatic heterocycles. The smallest absolute Gasteiger partial charge is 0.125 e. The molecule has 72 valence electrons. The molecule has 1 aromatic carbocycles. The van der Waals surface area contributed by atoms with Gasteiger partial charge in [0.25, 0.3) is 0 Å². The monoisotopic (exact) mass is 205 g/mol. The maximum atomic E-state index is 9.67. The summed E-state index contributed by atoms with van der Waals surface area (Å²) in [7, 11) is 0. The predicted octanol–water partition coefficient (Wildman–Crippen LogP) is 3.08. The molecule has 1 N–H and O–H groups in total. The Balaban J connectivity index is 2.51. The first-order valence-corrected chi connectivity index (χ1v) is 5.46. The Kier molecular flexibility index (Phi) is 2.50. The fraction of sp³-hybridized carbons (Fsp3) is 0.182. The van der Waals surface area contributed by atoms with E-state index in [9.17, 15) is 5.11 Å². The van der Waals surface area contributed by atoms with E-state index < -0.39 is 0 Å². The summed E-state index contributed by atoms with van der Waals surface area (Å²) in [6.07, 6.45) is 0.970. The van der Waals surface area contributed by atoms with Crippen LogP contribution in [0, 0.1) is 0 Å². The largest absolute Gasteiger partial charge is 0.507 e. The standard InChI is InChI=1S/C11H11NOS/c1-2-8-3-4-11(13)9(5-8)10-6-14-7-12-10/h3-7,13H,2H2,1H3. The predicted molar refractivity (Wildman–Crippen MR) is 58.6 cm³/mol. The highest BCUT2D eigenvalue weighted by Crippen LogP contribution is 2.29. The first-order valence-electron chi connectivity index (χ1n) is 4.51. The molecule has 0 fully saturated rings. The van der Waals surface area contributed by atoms with Gasteiger partial charge in [-0.1, -0.05) is 13.0 Å². The number of aryl methyl sites for hydroxylation is 1. The van der Waals surface area contributed by atoms with Crippen LogP contribution >= 0.6 is 11.3 Å². The molecule has 2 rings (SSSR count). The highest BCUT2D eigenvalue weighted by molar-refractivity contribution is 7.07. The van der Waals surface area contributed by atoms with E-state index >= 15 is 0 Å². The Hall–Kier alpha value is -1.35. The lowest BCUT2D eigenvalue weighted by molar-refractivity contribution is 0.477. The topological polar surface area (TPSA) is 33.1 Å². The molecule has 0 aliphatic rings. The number of thiazole rings is 1. The average molecular weight is 205 g/mol. The number of aromatic nitrogens is 1. The van der Waals surface area contributed by atoms with E-state index in [4.69, 9.17) is 0 Å². The molecule has 14 heavy (non-hydrogen) atoms. The summed E-state index contributed by atoms with van der Waals surface area (Å²) < 4.78 is 0. The molecule has 1 heterocycles. The van der Waals surface area contributed by atoms with E-state index in [1.54, 1.807) is 11.6 Å². The van der Waals surface area contributed by atoms with Crippen LogP contribution in [0.15, 0.2) is 29.1 Å². The quantitative estimate of drug-likeness (QED) is 0.817. The molecule has 2 aromatic rings. The van der Waals surface area contributed by atoms with E-state index in [2.05, 4.69) is 11.9 Å². The van der Waals surface area contributed by atoms with Gasteiger partial charge in [-0.3, -0.25) is 0 Å². The fourth-order valence-electron chi connectivity index (χ4n) is 1.35. The van der Waals surface area contributed by atoms with Crippen LogP contribution in [-0.4, -0.2) is 10.1 Å². The van der Waals surface area contributed by atoms with Crippen molar-refractivity contribution in [1.82, 2.24) is 4.98 Å². The second-order valence-electron chi connectivity index (χ2n) is 3.08. The first-order chi connectivity index (χ1) is 6.81. The number of aromatic hydroxyl groups is 1. The minimum Gasteiger partial charge on any atom is -0.507 e. The SMILES string of the molecule is CCc1ccc(O)c(-c2cscn2)c1. The van der Waals surface area contributed by atoms with Crippen molar-refractivity contribution in [2.45, 2.75) is 13.3 Å². The summed E-state index contributed by atoms with van der Waals surface area (Å²) in [5, 5.41) is 11.6. The molecule has 0 radical (unpaired) electrons. The fourth-order valence-corrected chi connectivity index (χ4v) is 1.91. The summed E-state index contributed by atoms with van der Waals surface area (Å²) in [5.74, 6) is 0.299. The van der Waals surface area contributed by atoms with Crippen molar-refractivity contribution < 1.29 is 5.11 Å². The molecular weight excluding hydrogens is 194 g/mol. The van der Waals surface area contributed by atoms with Crippen molar-refractivity contribution in [3.05, 3.63) is 34.7 Å². The molecule has 0 unspecified atom stereocenters. The van der Waals surface area contributed by atoms with Gasteiger partial charge in [-0.15, -0.1) is 11.3 Å². The molecule has 3 heteroatoms. The van der Waals surface area contributed by atoms with Crippen LogP contribution in [-0.2, 0) is 6.42 Å². The maximum Gasteiger partial charge on any atom is 0.125 e. The van der Waals surface area contributed by atoms with Gasteiger partial charge in [0.05, 0.1) is 11.2 Å². The minimum atomic E-state index is 0.299. The molecule has 0 saturated carbocycles. The summed E-state index contributed by atoms with van der Waals surface area (Å²) in [6.45, 7) is 2.09. The Morgan fingerprint density at radius 3 is 2.93 bits per heavy atom. The highest BCUT2D eigenvalue weighted by Gasteiger charge is 2.06. The molecule has 0 spiro atoms. The molecular formula is C11H11NOS. The van der Waals surface area contributed by atoms with Gasteiger partial charge in [-0.2, -0.15) is 0 Å². The van der Waals surface area contributed by atoms with E-state index in [0.29, 0.717) is 5.75 Å². The number of hydrogen-bond acceptors (Lipinski definition) is 3. The molecule has 0 bridgehead atoms. The van der Waals surface area contributed by atoms with Crippen LogP contribution in [0.5, 0.6) is 5.75 Å². The van der Waals surface area contributed by atoms with E-state index in [1.807, 2.05) is 17.5 Å². The van der Waals surface area contributed by atoms with Crippen molar-refractivity contribution in [2.24, 2.45) is 0 Å². The van der Waals surface area contributed by atoms with Gasteiger partial charge in [0.1, 0.15) is 5.75 Å². The first kappa shape index (κ1) is 9.21. The summed E-state index contributed by atoms with van der Waals surface area (Å²) in [5.41, 5.74) is 4.66. The zero-order chi connectivity index (χ0) is 9.97. The Labute approximate surface area is 86.9 Å². The highest BCUT2D eigenvalue weighted by atomic mass is 32.1. The molecule has 0 amide bonds. The van der Waals surface area contributed by atoms with Crippen LogP contribution in [0.1, 0.15) is 12.5 Å². The van der Waals surface area contributed by atoms with Crippen LogP contribution in [0.4, 0.5) is 0 Å². The number of phenols is 1. The normalized spacial score (nSPS) is 10.4. The zero-order valence-corrected chi connectivity index (χ0v) is 8.71. The lowest BCUT2D eigenvalue weighted by Gasteiger charge is -2.03. The lowest BCUT2D eigenvalue weighted by Crippen LogP contribution is -1.83. The van der Waals surface area contributed by atoms with Gasteiger partial charge in [-0.25, -0.2) is 4.98 Å². The third kappa shape index (κ3) is 1.63. The Morgan fingerprint density at radius 2 is 2.29 bits per heavy atom. The minimum absolute atomic E-state index is 0.299. The summed E-state index contributed by atoms with van der Waals surface area (Å²) >= 11 is 1.53. The molecule has 0 atom stereocenters. The van der Waals surface area contributed by atoms with Crippen molar-refractivity contribution in [1.29, 1.82) is 0 Å². The van der Waals surface area contributed by atoms with E-state index in [-0.39, 0.29) is 0 Å². The number of nitrogens with zero attached hydrogens (tertiary/aromatic N) is 1. The number of hydrogen-bond donors (Lipinski definition) is 1. The van der Waals surface area contributed by atoms with Gasteiger partial charge in [0, 0.05) is 10.9 Å². The number of rotatable bonds is 2. The van der Waals surface area contributed by atoms with Crippen LogP contribution in [0.3, 0.4) is 0 Å². The van der Waals surface area contributed by atoms with Crippen molar-refractivity contribution in [3.63, 3.8) is 0 Å². The van der Waals surface area contributed by atoms with Crippen LogP contribution in [0.25, 0.3) is 11.3 Å². The Morgan fingerprint density at radius 1 is 1.43 bits per heavy atom. The zero-order valence-electron chi connectivity index (χ0n) is 7.90. The molecule has 2 nitrogen and oxygen atoms in total. The van der Waals surface area contributed by atoms with Gasteiger partial charge < -0.3 is 5.11 Å². The van der Waals surface area contributed by atoms with Crippen molar-refractivity contribution >= 4 is 11.3 Å². The molecule has 0 saturated heterocycles. The van der Waals surface area contributed by atoms with Gasteiger partial charge >= 0.3 is 0 Å². The van der Waals surface area contributed by atoms with Crippen LogP contribution in [0.2, 0.25) is 0 Å². The third-order valence-electron chi connectivity index (χ3n) is 2.18. The molecule has 0 aliphatic carbocycles. The van der Waals surface area contributed by atoms with Crippen LogP contribution < -0.4 is 0 Å². The van der Waals surface area contributed by atoms with E-state index in [1.165, 1.54) is 16.9 Å². The van der Waals surface area contributed by atoms with E-state index in [0.717, 1.165) is 17.7 Å². The average Bonchev–Trinajstić information content (AvgIpc) is 2.71. The Bertz CT molecular complexity index is 423. The van der Waals surface area contributed by atoms with Gasteiger partial charge in [0.2, 0.25) is 0 Å². The number of phenolic OH excluding ortho intramolecular Hbond substituents is 1. The summed E-state index contributed by atoms with van der Waals surface area (Å²) in [6, 6.07) is 5.66. The van der Waals surface area contributed by atoms with Crippen molar-refractivity contribution in [3.8, 4) is 17.0 Å². The second-order valence-corrected chi connectivity index (χ2v) is 3.80.